The summed E-state index contributed by atoms with van der Waals surface area (Å²) in [5, 5.41) is 4.86. The summed E-state index contributed by atoms with van der Waals surface area (Å²) in [5.41, 5.74) is 23.5. The second-order valence-electron chi connectivity index (χ2n) is 21.9. The van der Waals surface area contributed by atoms with Gasteiger partial charge in [0.2, 0.25) is 0 Å². The monoisotopic (exact) mass is 1050 g/mol. The molecule has 0 radical (unpaired) electrons. The van der Waals surface area contributed by atoms with Crippen molar-refractivity contribution < 1.29 is 0 Å². The molecule has 0 atom stereocenters. The van der Waals surface area contributed by atoms with E-state index in [4.69, 9.17) is 0 Å². The van der Waals surface area contributed by atoms with E-state index in [1.807, 2.05) is 0 Å². The van der Waals surface area contributed by atoms with Crippen molar-refractivity contribution in [1.29, 1.82) is 0 Å². The molecular formula is C80H60N2. The SMILES string of the molecule is CCN1c2ccccc2C(c2ccccc2)(c2ccccc2)c2cccc(-c3cccc4c(-c5ccc(-c6ccccc6)cc5)c5cccc(-c6cccc7c6N(CC)c6ccccc6C7(c6ccccc6)c6ccccc6)c5cc34)c21. The fourth-order valence-electron chi connectivity index (χ4n) is 14.7. The van der Waals surface area contributed by atoms with Crippen LogP contribution >= 0.6 is 0 Å². The molecule has 0 N–H and O–H groups in total. The summed E-state index contributed by atoms with van der Waals surface area (Å²) < 4.78 is 0. The zero-order chi connectivity index (χ0) is 54.8. The summed E-state index contributed by atoms with van der Waals surface area (Å²) in [4.78, 5) is 5.16. The van der Waals surface area contributed by atoms with Crippen LogP contribution in [0.25, 0.3) is 66.1 Å². The maximum Gasteiger partial charge on any atom is 0.0742 e. The first-order chi connectivity index (χ1) is 40.6. The fourth-order valence-corrected chi connectivity index (χ4v) is 14.7. The number of benzene rings is 13. The van der Waals surface area contributed by atoms with Crippen LogP contribution in [0, 0.1) is 0 Å². The molecule has 2 nitrogen and oxygen atoms in total. The highest BCUT2D eigenvalue weighted by atomic mass is 15.2. The molecule has 2 heteroatoms. The van der Waals surface area contributed by atoms with Crippen LogP contribution in [0.2, 0.25) is 0 Å². The highest BCUT2D eigenvalue weighted by Gasteiger charge is 2.48. The van der Waals surface area contributed by atoms with E-state index in [1.165, 1.54) is 133 Å². The normalized spacial score (nSPS) is 13.7. The molecule has 13 aromatic carbocycles. The van der Waals surface area contributed by atoms with Crippen LogP contribution in [0.1, 0.15) is 58.4 Å². The van der Waals surface area contributed by atoms with E-state index >= 15 is 0 Å². The average molecular weight is 1050 g/mol. The lowest BCUT2D eigenvalue weighted by Crippen LogP contribution is -2.39. The minimum Gasteiger partial charge on any atom is -0.341 e. The lowest BCUT2D eigenvalue weighted by Gasteiger charge is -2.47. The lowest BCUT2D eigenvalue weighted by molar-refractivity contribution is 0.720. The molecule has 0 fully saturated rings. The molecule has 0 saturated heterocycles. The Morgan fingerprint density at radius 3 is 0.976 bits per heavy atom. The van der Waals surface area contributed by atoms with E-state index in [0.29, 0.717) is 0 Å². The van der Waals surface area contributed by atoms with Crippen molar-refractivity contribution >= 4 is 44.3 Å². The van der Waals surface area contributed by atoms with Gasteiger partial charge in [-0.25, -0.2) is 0 Å². The predicted octanol–water partition coefficient (Wildman–Crippen LogP) is 20.4. The Balaban J connectivity index is 1.05. The molecule has 0 saturated carbocycles. The molecule has 15 rings (SSSR count). The lowest BCUT2D eigenvalue weighted by atomic mass is 9.62. The topological polar surface area (TPSA) is 6.48 Å². The van der Waals surface area contributed by atoms with Gasteiger partial charge in [0.15, 0.2) is 0 Å². The molecule has 0 bridgehead atoms. The van der Waals surface area contributed by atoms with Crippen LogP contribution in [0.5, 0.6) is 0 Å². The van der Waals surface area contributed by atoms with Crippen molar-refractivity contribution in [2.75, 3.05) is 22.9 Å². The van der Waals surface area contributed by atoms with Gasteiger partial charge in [-0.2, -0.15) is 0 Å². The molecular weight excluding hydrogens is 989 g/mol. The Labute approximate surface area is 481 Å². The molecule has 0 spiro atoms. The summed E-state index contributed by atoms with van der Waals surface area (Å²) in [6.07, 6.45) is 0. The Morgan fingerprint density at radius 2 is 0.573 bits per heavy atom. The summed E-state index contributed by atoms with van der Waals surface area (Å²) in [6.45, 7) is 6.19. The highest BCUT2D eigenvalue weighted by Crippen LogP contribution is 2.61. The van der Waals surface area contributed by atoms with Crippen molar-refractivity contribution in [3.8, 4) is 44.5 Å². The van der Waals surface area contributed by atoms with Gasteiger partial charge in [-0.05, 0) is 131 Å². The van der Waals surface area contributed by atoms with E-state index in [1.54, 1.807) is 0 Å². The number of hydrogen-bond acceptors (Lipinski definition) is 2. The van der Waals surface area contributed by atoms with E-state index in [2.05, 4.69) is 327 Å². The molecule has 13 aromatic rings. The number of anilines is 4. The average Bonchev–Trinajstić information content (AvgIpc) is 1.04. The first kappa shape index (κ1) is 49.1. The van der Waals surface area contributed by atoms with Gasteiger partial charge in [0.05, 0.1) is 22.2 Å². The largest absolute Gasteiger partial charge is 0.341 e. The molecule has 2 aliphatic rings. The van der Waals surface area contributed by atoms with Crippen LogP contribution in [0.4, 0.5) is 22.7 Å². The summed E-state index contributed by atoms with van der Waals surface area (Å²) >= 11 is 0. The number of hydrogen-bond donors (Lipinski definition) is 0. The van der Waals surface area contributed by atoms with E-state index < -0.39 is 10.8 Å². The van der Waals surface area contributed by atoms with Crippen molar-refractivity contribution in [2.24, 2.45) is 0 Å². The number of fused-ring (bicyclic) bond motifs is 6. The molecule has 82 heavy (non-hydrogen) atoms. The summed E-state index contributed by atoms with van der Waals surface area (Å²) in [5.74, 6) is 0. The Bertz CT molecular complexity index is 4190. The van der Waals surface area contributed by atoms with E-state index in [-0.39, 0.29) is 0 Å². The van der Waals surface area contributed by atoms with Gasteiger partial charge in [0.25, 0.3) is 0 Å². The second kappa shape index (κ2) is 20.0. The standard InChI is InChI=1S/C80H60N2/c1-3-81-74-48-22-20-44-70(74)79(58-30-12-6-13-31-58,59-32-14-7-15-33-59)72-46-26-42-66(77(72)81)62-38-24-40-64-68(62)54-69-63(39-25-41-65(69)76(64)57-52-50-56(51-53-57)55-28-10-5-11-29-55)67-43-27-47-73-78(67)82(4-2)75-49-23-21-45-71(75)80(73,60-34-16-8-17-35-60)61-36-18-9-19-37-61/h5-54H,3-4H2,1-2H3. The van der Waals surface area contributed by atoms with Gasteiger partial charge in [-0.15, -0.1) is 0 Å². The third kappa shape index (κ3) is 7.27. The molecule has 0 amide bonds. The third-order valence-electron chi connectivity index (χ3n) is 18.0. The van der Waals surface area contributed by atoms with Crippen molar-refractivity contribution in [3.05, 3.63) is 348 Å². The summed E-state index contributed by atoms with van der Waals surface area (Å²) in [6, 6.07) is 114. The maximum absolute atomic E-state index is 2.58. The Morgan fingerprint density at radius 1 is 0.256 bits per heavy atom. The van der Waals surface area contributed by atoms with Gasteiger partial charge in [0, 0.05) is 35.6 Å². The molecule has 0 unspecified atom stereocenters. The first-order valence-corrected chi connectivity index (χ1v) is 29.0. The number of para-hydroxylation sites is 4. The van der Waals surface area contributed by atoms with Gasteiger partial charge in [-0.1, -0.05) is 285 Å². The van der Waals surface area contributed by atoms with Gasteiger partial charge >= 0.3 is 0 Å². The van der Waals surface area contributed by atoms with Crippen LogP contribution in [-0.4, -0.2) is 13.1 Å². The van der Waals surface area contributed by atoms with Crippen molar-refractivity contribution in [1.82, 2.24) is 0 Å². The molecule has 2 heterocycles. The van der Waals surface area contributed by atoms with Crippen LogP contribution < -0.4 is 9.80 Å². The fraction of sp³-hybridized carbons (Fsp3) is 0.0750. The van der Waals surface area contributed by atoms with Gasteiger partial charge < -0.3 is 9.80 Å². The van der Waals surface area contributed by atoms with Crippen LogP contribution in [0.3, 0.4) is 0 Å². The van der Waals surface area contributed by atoms with Crippen molar-refractivity contribution in [2.45, 2.75) is 24.7 Å². The quantitative estimate of drug-likeness (QED) is 0.126. The van der Waals surface area contributed by atoms with Crippen LogP contribution in [-0.2, 0) is 10.8 Å². The minimum atomic E-state index is -0.600. The highest BCUT2D eigenvalue weighted by molar-refractivity contribution is 6.20. The minimum absolute atomic E-state index is 0.600. The first-order valence-electron chi connectivity index (χ1n) is 29.0. The van der Waals surface area contributed by atoms with Crippen molar-refractivity contribution in [3.63, 3.8) is 0 Å². The molecule has 390 valence electrons. The Kier molecular flexibility index (Phi) is 11.9. The smallest absolute Gasteiger partial charge is 0.0742 e. The molecule has 2 aliphatic heterocycles. The third-order valence-corrected chi connectivity index (χ3v) is 18.0. The summed E-state index contributed by atoms with van der Waals surface area (Å²) in [7, 11) is 0. The zero-order valence-electron chi connectivity index (χ0n) is 46.2. The van der Waals surface area contributed by atoms with Gasteiger partial charge in [-0.3, -0.25) is 0 Å². The molecule has 0 aromatic heterocycles. The Hall–Kier alpha value is -10.0. The van der Waals surface area contributed by atoms with Gasteiger partial charge in [0.1, 0.15) is 0 Å². The number of nitrogens with zero attached hydrogens (tertiary/aromatic N) is 2. The van der Waals surface area contributed by atoms with Crippen LogP contribution in [0.15, 0.2) is 303 Å². The zero-order valence-corrected chi connectivity index (χ0v) is 46.2. The second-order valence-corrected chi connectivity index (χ2v) is 21.9. The van der Waals surface area contributed by atoms with E-state index in [9.17, 15) is 0 Å². The van der Waals surface area contributed by atoms with E-state index in [0.717, 1.165) is 13.1 Å². The number of rotatable bonds is 10. The predicted molar refractivity (Wildman–Crippen MR) is 345 cm³/mol. The molecule has 0 aliphatic carbocycles. The maximum atomic E-state index is 2.58.